The van der Waals surface area contributed by atoms with Gasteiger partial charge in [-0.3, -0.25) is 16.0 Å². The minimum Gasteiger partial charge on any atom is -0.380 e. The molecule has 98 valence electrons. The van der Waals surface area contributed by atoms with Crippen LogP contribution >= 0.6 is 0 Å². The summed E-state index contributed by atoms with van der Waals surface area (Å²) in [5.41, 5.74) is 5.05. The van der Waals surface area contributed by atoms with Gasteiger partial charge in [-0.05, 0) is 26.3 Å². The highest BCUT2D eigenvalue weighted by Gasteiger charge is 2.12. The van der Waals surface area contributed by atoms with Crippen molar-refractivity contribution in [3.8, 4) is 0 Å². The van der Waals surface area contributed by atoms with Crippen LogP contribution in [0.3, 0.4) is 0 Å². The molecule has 0 aliphatic rings. The number of nitrogens with two attached hydrogens (primary N) is 1. The molecular weight excluding hydrogens is 216 g/mol. The van der Waals surface area contributed by atoms with E-state index < -0.39 is 0 Å². The van der Waals surface area contributed by atoms with Crippen LogP contribution in [0.4, 0.5) is 0 Å². The second kappa shape index (κ2) is 7.42. The topological polar surface area (TPSA) is 65.1 Å². The Balaban J connectivity index is 2.53. The van der Waals surface area contributed by atoms with Crippen molar-refractivity contribution in [3.63, 3.8) is 0 Å². The van der Waals surface area contributed by atoms with E-state index in [4.69, 9.17) is 10.6 Å². The van der Waals surface area contributed by atoms with E-state index in [0.29, 0.717) is 6.61 Å². The molecule has 5 heteroatoms. The van der Waals surface area contributed by atoms with Gasteiger partial charge in [-0.25, -0.2) is 0 Å². The smallest absolute Gasteiger partial charge is 0.0636 e. The highest BCUT2D eigenvalue weighted by molar-refractivity contribution is 5.10. The first-order chi connectivity index (χ1) is 8.21. The van der Waals surface area contributed by atoms with Crippen molar-refractivity contribution < 1.29 is 4.74 Å². The molecule has 0 bridgehead atoms. The third-order valence-electron chi connectivity index (χ3n) is 2.64. The third-order valence-corrected chi connectivity index (χ3v) is 2.64. The Morgan fingerprint density at radius 3 is 2.88 bits per heavy atom. The number of hydrogen-bond acceptors (Lipinski definition) is 4. The fourth-order valence-corrected chi connectivity index (χ4v) is 1.83. The molecule has 1 atom stereocenters. The number of aryl methyl sites for hydroxylation is 2. The van der Waals surface area contributed by atoms with Crippen LogP contribution in [0.1, 0.15) is 31.7 Å². The average molecular weight is 240 g/mol. The minimum atomic E-state index is 0.142. The average Bonchev–Trinajstić information content (AvgIpc) is 2.68. The Kier molecular flexibility index (Phi) is 6.18. The van der Waals surface area contributed by atoms with Crippen LogP contribution in [-0.4, -0.2) is 29.0 Å². The monoisotopic (exact) mass is 240 g/mol. The Bertz CT molecular complexity index is 324. The van der Waals surface area contributed by atoms with Gasteiger partial charge in [-0.15, -0.1) is 0 Å². The number of nitrogens with one attached hydrogen (secondary N) is 1. The van der Waals surface area contributed by atoms with Gasteiger partial charge in [0.1, 0.15) is 0 Å². The standard InChI is InChI=1S/C12H24N4O/c1-4-6-17-9-11(14-13)8-12-7-10(3)15-16(12)5-2/h7,11,14H,4-6,8-9,13H2,1-3H3. The van der Waals surface area contributed by atoms with Gasteiger partial charge < -0.3 is 4.74 Å². The van der Waals surface area contributed by atoms with Crippen molar-refractivity contribution in [2.75, 3.05) is 13.2 Å². The predicted molar refractivity (Wildman–Crippen MR) is 68.6 cm³/mol. The molecule has 5 nitrogen and oxygen atoms in total. The molecule has 17 heavy (non-hydrogen) atoms. The van der Waals surface area contributed by atoms with Gasteiger partial charge in [0.15, 0.2) is 0 Å². The normalized spacial score (nSPS) is 12.9. The molecule has 0 spiro atoms. The largest absolute Gasteiger partial charge is 0.380 e. The molecular formula is C12H24N4O. The zero-order valence-corrected chi connectivity index (χ0v) is 11.1. The second-order valence-corrected chi connectivity index (χ2v) is 4.24. The molecule has 0 amide bonds. The highest BCUT2D eigenvalue weighted by Crippen LogP contribution is 2.07. The van der Waals surface area contributed by atoms with Gasteiger partial charge in [-0.1, -0.05) is 6.92 Å². The molecule has 1 rings (SSSR count). The van der Waals surface area contributed by atoms with Gasteiger partial charge in [-0.2, -0.15) is 5.10 Å². The Morgan fingerprint density at radius 2 is 2.29 bits per heavy atom. The summed E-state index contributed by atoms with van der Waals surface area (Å²) in [6.07, 6.45) is 1.87. The molecule has 0 saturated carbocycles. The summed E-state index contributed by atoms with van der Waals surface area (Å²) >= 11 is 0. The summed E-state index contributed by atoms with van der Waals surface area (Å²) in [5, 5.41) is 4.42. The molecule has 0 aromatic carbocycles. The van der Waals surface area contributed by atoms with Gasteiger partial charge in [0.05, 0.1) is 12.3 Å². The molecule has 1 heterocycles. The Labute approximate surface area is 103 Å². The van der Waals surface area contributed by atoms with E-state index in [1.807, 2.05) is 11.6 Å². The number of hydrogen-bond donors (Lipinski definition) is 2. The van der Waals surface area contributed by atoms with E-state index in [1.165, 1.54) is 5.69 Å². The maximum atomic E-state index is 5.54. The van der Waals surface area contributed by atoms with Crippen LogP contribution in [0.2, 0.25) is 0 Å². The van der Waals surface area contributed by atoms with Crippen LogP contribution in [0.15, 0.2) is 6.07 Å². The summed E-state index contributed by atoms with van der Waals surface area (Å²) in [4.78, 5) is 0. The SMILES string of the molecule is CCCOCC(Cc1cc(C)nn1CC)NN. The number of rotatable bonds is 8. The second-order valence-electron chi connectivity index (χ2n) is 4.24. The van der Waals surface area contributed by atoms with Gasteiger partial charge in [0.25, 0.3) is 0 Å². The third kappa shape index (κ3) is 4.46. The van der Waals surface area contributed by atoms with Crippen molar-refractivity contribution in [2.24, 2.45) is 5.84 Å². The molecule has 0 radical (unpaired) electrons. The first kappa shape index (κ1) is 14.2. The van der Waals surface area contributed by atoms with Crippen LogP contribution < -0.4 is 11.3 Å². The first-order valence-electron chi connectivity index (χ1n) is 6.28. The van der Waals surface area contributed by atoms with Crippen molar-refractivity contribution >= 4 is 0 Å². The quantitative estimate of drug-likeness (QED) is 0.404. The lowest BCUT2D eigenvalue weighted by Gasteiger charge is -2.16. The maximum absolute atomic E-state index is 5.54. The fourth-order valence-electron chi connectivity index (χ4n) is 1.83. The van der Waals surface area contributed by atoms with E-state index in [2.05, 4.69) is 30.4 Å². The molecule has 1 unspecified atom stereocenters. The lowest BCUT2D eigenvalue weighted by atomic mass is 10.1. The van der Waals surface area contributed by atoms with Crippen molar-refractivity contribution in [1.29, 1.82) is 0 Å². The number of nitrogens with zero attached hydrogens (tertiary/aromatic N) is 2. The van der Waals surface area contributed by atoms with Crippen LogP contribution in [0, 0.1) is 6.92 Å². The van der Waals surface area contributed by atoms with Crippen LogP contribution in [-0.2, 0) is 17.7 Å². The van der Waals surface area contributed by atoms with Gasteiger partial charge in [0.2, 0.25) is 0 Å². The van der Waals surface area contributed by atoms with Crippen molar-refractivity contribution in [2.45, 2.75) is 46.2 Å². The number of aromatic nitrogens is 2. The van der Waals surface area contributed by atoms with E-state index in [0.717, 1.165) is 31.7 Å². The Morgan fingerprint density at radius 1 is 1.53 bits per heavy atom. The van der Waals surface area contributed by atoms with Crippen molar-refractivity contribution in [3.05, 3.63) is 17.5 Å². The zero-order valence-electron chi connectivity index (χ0n) is 11.1. The number of ether oxygens (including phenoxy) is 1. The maximum Gasteiger partial charge on any atom is 0.0636 e. The molecule has 0 saturated heterocycles. The number of hydrazine groups is 1. The summed E-state index contributed by atoms with van der Waals surface area (Å²) in [5.74, 6) is 5.54. The zero-order chi connectivity index (χ0) is 12.7. The summed E-state index contributed by atoms with van der Waals surface area (Å²) < 4.78 is 7.53. The van der Waals surface area contributed by atoms with E-state index in [9.17, 15) is 0 Å². The Hall–Kier alpha value is -0.910. The highest BCUT2D eigenvalue weighted by atomic mass is 16.5. The molecule has 0 fully saturated rings. The fraction of sp³-hybridized carbons (Fsp3) is 0.750. The van der Waals surface area contributed by atoms with Crippen LogP contribution in [0.25, 0.3) is 0 Å². The minimum absolute atomic E-state index is 0.142. The van der Waals surface area contributed by atoms with Gasteiger partial charge in [0, 0.05) is 31.3 Å². The molecule has 0 aliphatic carbocycles. The molecule has 0 aliphatic heterocycles. The van der Waals surface area contributed by atoms with E-state index >= 15 is 0 Å². The first-order valence-corrected chi connectivity index (χ1v) is 6.28. The summed E-state index contributed by atoms with van der Waals surface area (Å²) in [6.45, 7) is 8.50. The molecule has 1 aromatic heterocycles. The lowest BCUT2D eigenvalue weighted by Crippen LogP contribution is -2.40. The predicted octanol–water partition coefficient (Wildman–Crippen LogP) is 1.01. The summed E-state index contributed by atoms with van der Waals surface area (Å²) in [7, 11) is 0. The molecule has 1 aromatic rings. The summed E-state index contributed by atoms with van der Waals surface area (Å²) in [6, 6.07) is 2.25. The van der Waals surface area contributed by atoms with E-state index in [-0.39, 0.29) is 6.04 Å². The van der Waals surface area contributed by atoms with E-state index in [1.54, 1.807) is 0 Å². The van der Waals surface area contributed by atoms with Crippen molar-refractivity contribution in [1.82, 2.24) is 15.2 Å². The van der Waals surface area contributed by atoms with Gasteiger partial charge >= 0.3 is 0 Å². The molecule has 3 N–H and O–H groups in total. The lowest BCUT2D eigenvalue weighted by molar-refractivity contribution is 0.111. The van der Waals surface area contributed by atoms with Crippen LogP contribution in [0.5, 0.6) is 0 Å².